The zero-order chi connectivity index (χ0) is 13.7. The molecule has 100 valence electrons. The van der Waals surface area contributed by atoms with E-state index < -0.39 is 16.8 Å². The van der Waals surface area contributed by atoms with Crippen LogP contribution in [0.25, 0.3) is 0 Å². The summed E-state index contributed by atoms with van der Waals surface area (Å²) in [5.41, 5.74) is 0. The maximum absolute atomic E-state index is 12.0. The fourth-order valence-electron chi connectivity index (χ4n) is 1.45. The van der Waals surface area contributed by atoms with Gasteiger partial charge in [0.2, 0.25) is 0 Å². The number of ether oxygens (including phenoxy) is 1. The lowest BCUT2D eigenvalue weighted by atomic mass is 10.4. The lowest BCUT2D eigenvalue weighted by molar-refractivity contribution is 0.0586. The highest BCUT2D eigenvalue weighted by atomic mass is 32.2. The minimum Gasteiger partial charge on any atom is -0.463 e. The van der Waals surface area contributed by atoms with Gasteiger partial charge < -0.3 is 4.74 Å². The molecule has 1 atom stereocenters. The van der Waals surface area contributed by atoms with Gasteiger partial charge in [-0.15, -0.1) is 5.10 Å². The predicted molar refractivity (Wildman–Crippen MR) is 69.1 cm³/mol. The highest BCUT2D eigenvalue weighted by molar-refractivity contribution is 7.85. The molecule has 1 aromatic heterocycles. The van der Waals surface area contributed by atoms with Crippen molar-refractivity contribution in [1.82, 2.24) is 14.8 Å². The SMILES string of the molecule is COC(=O)c1ncn(CC[S@@](=O)c2ccccc2)n1. The first-order valence-corrected chi connectivity index (χ1v) is 6.94. The molecule has 0 saturated heterocycles. The van der Waals surface area contributed by atoms with Gasteiger partial charge in [-0.1, -0.05) is 18.2 Å². The Balaban J connectivity index is 1.94. The summed E-state index contributed by atoms with van der Waals surface area (Å²) in [5, 5.41) is 3.94. The molecule has 0 spiro atoms. The molecule has 0 aliphatic heterocycles. The first-order chi connectivity index (χ1) is 9.20. The van der Waals surface area contributed by atoms with Crippen molar-refractivity contribution in [2.45, 2.75) is 11.4 Å². The summed E-state index contributed by atoms with van der Waals surface area (Å²) in [6.45, 7) is 0.422. The molecule has 6 nitrogen and oxygen atoms in total. The van der Waals surface area contributed by atoms with E-state index in [2.05, 4.69) is 14.8 Å². The summed E-state index contributed by atoms with van der Waals surface area (Å²) < 4.78 is 18.0. The molecule has 0 aliphatic carbocycles. The Kier molecular flexibility index (Phi) is 4.40. The summed E-state index contributed by atoms with van der Waals surface area (Å²) in [7, 11) is 0.179. The molecule has 1 aromatic carbocycles. The van der Waals surface area contributed by atoms with Gasteiger partial charge in [-0.3, -0.25) is 8.89 Å². The molecule has 0 amide bonds. The monoisotopic (exact) mass is 279 g/mol. The molecule has 0 N–H and O–H groups in total. The zero-order valence-electron chi connectivity index (χ0n) is 10.4. The Labute approximate surface area is 112 Å². The van der Waals surface area contributed by atoms with Gasteiger partial charge in [0.1, 0.15) is 6.33 Å². The van der Waals surface area contributed by atoms with Gasteiger partial charge >= 0.3 is 5.97 Å². The highest BCUT2D eigenvalue weighted by Crippen LogP contribution is 2.05. The molecule has 1 heterocycles. The number of carbonyl (C=O) groups excluding carboxylic acids is 1. The van der Waals surface area contributed by atoms with Gasteiger partial charge in [0.25, 0.3) is 5.82 Å². The Hall–Kier alpha value is -2.02. The van der Waals surface area contributed by atoms with Gasteiger partial charge in [-0.05, 0) is 12.1 Å². The van der Waals surface area contributed by atoms with Crippen LogP contribution in [-0.4, -0.2) is 37.8 Å². The average Bonchev–Trinajstić information content (AvgIpc) is 2.93. The van der Waals surface area contributed by atoms with Crippen molar-refractivity contribution in [1.29, 1.82) is 0 Å². The summed E-state index contributed by atoms with van der Waals surface area (Å²) in [6, 6.07) is 9.20. The number of esters is 1. The number of nitrogens with zero attached hydrogens (tertiary/aromatic N) is 3. The quantitative estimate of drug-likeness (QED) is 0.759. The lowest BCUT2D eigenvalue weighted by Crippen LogP contribution is -2.10. The summed E-state index contributed by atoms with van der Waals surface area (Å²) >= 11 is 0. The smallest absolute Gasteiger partial charge is 0.377 e. The number of methoxy groups -OCH3 is 1. The molecule has 0 aliphatic rings. The van der Waals surface area contributed by atoms with Crippen LogP contribution in [0, 0.1) is 0 Å². The van der Waals surface area contributed by atoms with Crippen molar-refractivity contribution >= 4 is 16.8 Å². The van der Waals surface area contributed by atoms with E-state index in [9.17, 15) is 9.00 Å². The van der Waals surface area contributed by atoms with Crippen molar-refractivity contribution < 1.29 is 13.7 Å². The van der Waals surface area contributed by atoms with Gasteiger partial charge in [0.05, 0.1) is 24.5 Å². The summed E-state index contributed by atoms with van der Waals surface area (Å²) in [4.78, 5) is 15.8. The third-order valence-electron chi connectivity index (χ3n) is 2.42. The third kappa shape index (κ3) is 3.47. The van der Waals surface area contributed by atoms with E-state index >= 15 is 0 Å². The van der Waals surface area contributed by atoms with E-state index in [4.69, 9.17) is 0 Å². The molecule has 19 heavy (non-hydrogen) atoms. The number of aromatic nitrogens is 3. The second-order valence-corrected chi connectivity index (χ2v) is 5.26. The Morgan fingerprint density at radius 1 is 1.37 bits per heavy atom. The van der Waals surface area contributed by atoms with Crippen LogP contribution >= 0.6 is 0 Å². The Morgan fingerprint density at radius 2 is 2.11 bits per heavy atom. The van der Waals surface area contributed by atoms with Crippen molar-refractivity contribution in [3.05, 3.63) is 42.5 Å². The van der Waals surface area contributed by atoms with Gasteiger partial charge in [0.15, 0.2) is 0 Å². The van der Waals surface area contributed by atoms with E-state index in [0.717, 1.165) is 4.90 Å². The first kappa shape index (κ1) is 13.4. The molecule has 0 unspecified atom stereocenters. The van der Waals surface area contributed by atoms with Crippen LogP contribution < -0.4 is 0 Å². The molecule has 0 saturated carbocycles. The number of benzene rings is 1. The topological polar surface area (TPSA) is 74.1 Å². The van der Waals surface area contributed by atoms with E-state index in [1.54, 1.807) is 0 Å². The minimum atomic E-state index is -1.09. The second-order valence-electron chi connectivity index (χ2n) is 3.69. The Bertz CT molecular complexity index is 583. The fourth-order valence-corrected chi connectivity index (χ4v) is 2.50. The molecular formula is C12H13N3O3S. The maximum Gasteiger partial charge on any atom is 0.377 e. The molecule has 2 aromatic rings. The van der Waals surface area contributed by atoms with Crippen LogP contribution in [0.3, 0.4) is 0 Å². The number of carbonyl (C=O) groups is 1. The lowest BCUT2D eigenvalue weighted by Gasteiger charge is -2.01. The summed E-state index contributed by atoms with van der Waals surface area (Å²) in [5.74, 6) is -0.163. The number of aryl methyl sites for hydroxylation is 1. The van der Waals surface area contributed by atoms with Crippen LogP contribution in [0.2, 0.25) is 0 Å². The van der Waals surface area contributed by atoms with Gasteiger partial charge in [-0.2, -0.15) is 0 Å². The normalized spacial score (nSPS) is 12.1. The number of hydrogen-bond donors (Lipinski definition) is 0. The van der Waals surface area contributed by atoms with Gasteiger partial charge in [0, 0.05) is 10.6 Å². The Morgan fingerprint density at radius 3 is 2.79 bits per heavy atom. The van der Waals surface area contributed by atoms with E-state index in [-0.39, 0.29) is 5.82 Å². The molecule has 7 heteroatoms. The largest absolute Gasteiger partial charge is 0.463 e. The molecule has 0 radical (unpaired) electrons. The van der Waals surface area contributed by atoms with E-state index in [1.807, 2.05) is 30.3 Å². The van der Waals surface area contributed by atoms with Gasteiger partial charge in [-0.25, -0.2) is 9.78 Å². The molecule has 2 rings (SSSR count). The first-order valence-electron chi connectivity index (χ1n) is 5.62. The van der Waals surface area contributed by atoms with E-state index in [1.165, 1.54) is 18.1 Å². The average molecular weight is 279 g/mol. The minimum absolute atomic E-state index is 0.00740. The second kappa shape index (κ2) is 6.24. The number of hydrogen-bond acceptors (Lipinski definition) is 5. The summed E-state index contributed by atoms with van der Waals surface area (Å²) in [6.07, 6.45) is 1.43. The number of rotatable bonds is 5. The van der Waals surface area contributed by atoms with Crippen molar-refractivity contribution in [3.63, 3.8) is 0 Å². The third-order valence-corrected chi connectivity index (χ3v) is 3.77. The van der Waals surface area contributed by atoms with Crippen molar-refractivity contribution in [3.8, 4) is 0 Å². The molecular weight excluding hydrogens is 266 g/mol. The van der Waals surface area contributed by atoms with Crippen LogP contribution in [0.5, 0.6) is 0 Å². The van der Waals surface area contributed by atoms with E-state index in [0.29, 0.717) is 12.3 Å². The maximum atomic E-state index is 12.0. The predicted octanol–water partition coefficient (Wildman–Crippen LogP) is 0.873. The van der Waals surface area contributed by atoms with Crippen LogP contribution in [0.15, 0.2) is 41.6 Å². The van der Waals surface area contributed by atoms with Crippen molar-refractivity contribution in [2.24, 2.45) is 0 Å². The van der Waals surface area contributed by atoms with Crippen molar-refractivity contribution in [2.75, 3.05) is 12.9 Å². The zero-order valence-corrected chi connectivity index (χ0v) is 11.2. The fraction of sp³-hybridized carbons (Fsp3) is 0.250. The van der Waals surface area contributed by atoms with Crippen LogP contribution in [-0.2, 0) is 22.1 Å². The standard InChI is InChI=1S/C12H13N3O3S/c1-18-12(16)11-13-9-15(14-11)7-8-19(17)10-5-3-2-4-6-10/h2-6,9H,7-8H2,1H3/t19-/m1/s1. The van der Waals surface area contributed by atoms with Crippen LogP contribution in [0.1, 0.15) is 10.6 Å². The van der Waals surface area contributed by atoms with Crippen LogP contribution in [0.4, 0.5) is 0 Å². The molecule has 0 fully saturated rings. The highest BCUT2D eigenvalue weighted by Gasteiger charge is 2.11. The molecule has 0 bridgehead atoms.